The number of hydrogen-bond donors (Lipinski definition) is 1. The zero-order chi connectivity index (χ0) is 13.9. The fourth-order valence-corrected chi connectivity index (χ4v) is 2.28. The molecule has 0 unspecified atom stereocenters. The van der Waals surface area contributed by atoms with E-state index in [0.717, 1.165) is 10.0 Å². The van der Waals surface area contributed by atoms with E-state index in [1.165, 1.54) is 19.6 Å². The highest BCUT2D eigenvalue weighted by Gasteiger charge is 2.39. The van der Waals surface area contributed by atoms with Gasteiger partial charge in [0.1, 0.15) is 18.9 Å². The van der Waals surface area contributed by atoms with Crippen LogP contribution in [0.1, 0.15) is 12.0 Å². The van der Waals surface area contributed by atoms with Crippen molar-refractivity contribution in [3.8, 4) is 0 Å². The van der Waals surface area contributed by atoms with Crippen LogP contribution in [0.25, 0.3) is 0 Å². The molecule has 102 valence electrons. The van der Waals surface area contributed by atoms with Crippen molar-refractivity contribution in [2.24, 2.45) is 0 Å². The Bertz CT molecular complexity index is 507. The number of methoxy groups -OCH3 is 1. The van der Waals surface area contributed by atoms with Crippen molar-refractivity contribution in [3.05, 3.63) is 40.8 Å². The highest BCUT2D eigenvalue weighted by Crippen LogP contribution is 2.32. The summed E-state index contributed by atoms with van der Waals surface area (Å²) >= 11 is 3.38. The molecule has 1 aliphatic rings. The quantitative estimate of drug-likeness (QED) is 0.679. The molecule has 0 radical (unpaired) electrons. The Morgan fingerprint density at radius 2 is 2.11 bits per heavy atom. The van der Waals surface area contributed by atoms with Gasteiger partial charge in [-0.25, -0.2) is 0 Å². The Kier molecular flexibility index (Phi) is 3.99. The minimum absolute atomic E-state index is 0.0115. The first-order chi connectivity index (χ1) is 9.04. The smallest absolute Gasteiger partial charge is 0.313 e. The lowest BCUT2D eigenvalue weighted by atomic mass is 10.0. The number of nitrogen functional groups attached to an aromatic ring is 1. The van der Waals surface area contributed by atoms with Crippen molar-refractivity contribution in [2.45, 2.75) is 18.6 Å². The molecule has 0 spiro atoms. The van der Waals surface area contributed by atoms with Crippen molar-refractivity contribution in [1.82, 2.24) is 0 Å². The molecule has 1 aromatic rings. The molecule has 1 aromatic carbocycles. The van der Waals surface area contributed by atoms with E-state index >= 15 is 0 Å². The summed E-state index contributed by atoms with van der Waals surface area (Å²) in [6.45, 7) is 0. The molecule has 0 aliphatic carbocycles. The Morgan fingerprint density at radius 3 is 2.74 bits per heavy atom. The topological polar surface area (TPSA) is 70.8 Å². The summed E-state index contributed by atoms with van der Waals surface area (Å²) < 4.78 is 16.4. The number of carbonyl (C=O) groups is 1. The van der Waals surface area contributed by atoms with Crippen LogP contribution >= 0.6 is 15.9 Å². The van der Waals surface area contributed by atoms with Gasteiger partial charge in [0.15, 0.2) is 0 Å². The molecule has 1 heterocycles. The van der Waals surface area contributed by atoms with E-state index in [1.807, 2.05) is 12.1 Å². The van der Waals surface area contributed by atoms with E-state index in [4.69, 9.17) is 15.2 Å². The third kappa shape index (κ3) is 3.20. The van der Waals surface area contributed by atoms with E-state index < -0.39 is 11.8 Å². The van der Waals surface area contributed by atoms with Gasteiger partial charge >= 0.3 is 5.97 Å². The molecule has 0 saturated heterocycles. The molecule has 6 heteroatoms. The number of ether oxygens (including phenoxy) is 3. The summed E-state index contributed by atoms with van der Waals surface area (Å²) in [6.07, 6.45) is 3.16. The van der Waals surface area contributed by atoms with E-state index in [2.05, 4.69) is 20.7 Å². The van der Waals surface area contributed by atoms with E-state index in [-0.39, 0.29) is 6.42 Å². The minimum atomic E-state index is -1.08. The number of halogens is 1. The molecule has 19 heavy (non-hydrogen) atoms. The first-order valence-corrected chi connectivity index (χ1v) is 6.45. The van der Waals surface area contributed by atoms with Gasteiger partial charge in [-0.3, -0.25) is 4.79 Å². The molecule has 0 bridgehead atoms. The van der Waals surface area contributed by atoms with Crippen molar-refractivity contribution >= 4 is 27.6 Å². The molecular weight excluding hydrogens is 314 g/mol. The maximum absolute atomic E-state index is 11.5. The average Bonchev–Trinajstić information content (AvgIpc) is 2.82. The standard InChI is InChI=1S/C13H14BrNO4/c1-17-12(16)8-13(18-4-5-19-13)7-9-6-10(14)2-3-11(9)15/h2-6H,7-8,15H2,1H3. The third-order valence-corrected chi connectivity index (χ3v) is 3.32. The van der Waals surface area contributed by atoms with Gasteiger partial charge in [0, 0.05) is 10.2 Å². The molecule has 2 rings (SSSR count). The number of esters is 1. The number of rotatable bonds is 4. The van der Waals surface area contributed by atoms with Crippen LogP contribution in [-0.2, 0) is 25.4 Å². The molecule has 0 aromatic heterocycles. The maximum Gasteiger partial charge on any atom is 0.313 e. The third-order valence-electron chi connectivity index (χ3n) is 2.83. The van der Waals surface area contributed by atoms with Gasteiger partial charge in [0.25, 0.3) is 5.79 Å². The number of carbonyl (C=O) groups excluding carboxylic acids is 1. The number of anilines is 1. The Morgan fingerprint density at radius 1 is 1.42 bits per heavy atom. The number of nitrogens with two attached hydrogens (primary N) is 1. The summed E-state index contributed by atoms with van der Waals surface area (Å²) in [4.78, 5) is 11.5. The first kappa shape index (κ1) is 13.7. The van der Waals surface area contributed by atoms with Gasteiger partial charge in [-0.2, -0.15) is 0 Å². The Hall–Kier alpha value is -1.69. The average molecular weight is 328 g/mol. The lowest BCUT2D eigenvalue weighted by molar-refractivity contribution is -0.172. The molecule has 0 atom stereocenters. The molecule has 0 saturated carbocycles. The monoisotopic (exact) mass is 327 g/mol. The van der Waals surface area contributed by atoms with Crippen LogP contribution in [0.2, 0.25) is 0 Å². The fraction of sp³-hybridized carbons (Fsp3) is 0.308. The van der Waals surface area contributed by atoms with Gasteiger partial charge in [-0.05, 0) is 23.8 Å². The predicted molar refractivity (Wildman–Crippen MR) is 72.9 cm³/mol. The Balaban J connectivity index is 2.21. The van der Waals surface area contributed by atoms with Crippen LogP contribution < -0.4 is 5.73 Å². The van der Waals surface area contributed by atoms with Gasteiger partial charge in [0.05, 0.1) is 13.5 Å². The van der Waals surface area contributed by atoms with E-state index in [1.54, 1.807) is 6.07 Å². The predicted octanol–water partition coefficient (Wildman–Crippen LogP) is 2.35. The number of hydrogen-bond acceptors (Lipinski definition) is 5. The van der Waals surface area contributed by atoms with Gasteiger partial charge in [-0.15, -0.1) is 0 Å². The summed E-state index contributed by atoms with van der Waals surface area (Å²) in [7, 11) is 1.33. The van der Waals surface area contributed by atoms with Crippen LogP contribution in [0.3, 0.4) is 0 Å². The second kappa shape index (κ2) is 5.52. The molecule has 1 aliphatic heterocycles. The van der Waals surface area contributed by atoms with Crippen molar-refractivity contribution in [3.63, 3.8) is 0 Å². The highest BCUT2D eigenvalue weighted by atomic mass is 79.9. The van der Waals surface area contributed by atoms with Crippen molar-refractivity contribution in [1.29, 1.82) is 0 Å². The summed E-state index contributed by atoms with van der Waals surface area (Å²) in [5.41, 5.74) is 7.37. The second-order valence-corrected chi connectivity index (χ2v) is 5.11. The summed E-state index contributed by atoms with van der Waals surface area (Å²) in [6, 6.07) is 5.51. The summed E-state index contributed by atoms with van der Waals surface area (Å²) in [5, 5.41) is 0. The van der Waals surface area contributed by atoms with E-state index in [9.17, 15) is 4.79 Å². The minimum Gasteiger partial charge on any atom is -0.469 e. The van der Waals surface area contributed by atoms with Crippen LogP contribution in [0.4, 0.5) is 5.69 Å². The zero-order valence-corrected chi connectivity index (χ0v) is 12.0. The van der Waals surface area contributed by atoms with E-state index in [0.29, 0.717) is 12.1 Å². The molecular formula is C13H14BrNO4. The van der Waals surface area contributed by atoms with Crippen LogP contribution in [0.5, 0.6) is 0 Å². The summed E-state index contributed by atoms with van der Waals surface area (Å²) in [5.74, 6) is -1.49. The molecule has 5 nitrogen and oxygen atoms in total. The zero-order valence-electron chi connectivity index (χ0n) is 10.4. The first-order valence-electron chi connectivity index (χ1n) is 5.66. The normalized spacial score (nSPS) is 15.7. The van der Waals surface area contributed by atoms with Gasteiger partial charge < -0.3 is 19.9 Å². The van der Waals surface area contributed by atoms with Crippen LogP contribution in [-0.4, -0.2) is 18.9 Å². The lowest BCUT2D eigenvalue weighted by Gasteiger charge is -2.27. The largest absolute Gasteiger partial charge is 0.469 e. The van der Waals surface area contributed by atoms with Gasteiger partial charge in [-0.1, -0.05) is 15.9 Å². The molecule has 0 fully saturated rings. The molecule has 0 amide bonds. The SMILES string of the molecule is COC(=O)CC1(Cc2cc(Br)ccc2N)OC=CO1. The Labute approximate surface area is 119 Å². The van der Waals surface area contributed by atoms with Crippen molar-refractivity contribution < 1.29 is 19.0 Å². The second-order valence-electron chi connectivity index (χ2n) is 4.19. The fourth-order valence-electron chi connectivity index (χ4n) is 1.87. The maximum atomic E-state index is 11.5. The molecule has 2 N–H and O–H groups in total. The van der Waals surface area contributed by atoms with Crippen molar-refractivity contribution in [2.75, 3.05) is 12.8 Å². The van der Waals surface area contributed by atoms with Crippen LogP contribution in [0.15, 0.2) is 35.2 Å². The highest BCUT2D eigenvalue weighted by molar-refractivity contribution is 9.10. The van der Waals surface area contributed by atoms with Gasteiger partial charge in [0.2, 0.25) is 0 Å². The number of benzene rings is 1. The van der Waals surface area contributed by atoms with Crippen LogP contribution in [0, 0.1) is 0 Å². The lowest BCUT2D eigenvalue weighted by Crippen LogP contribution is -2.36.